The highest BCUT2D eigenvalue weighted by atomic mass is 79.9. The van der Waals surface area contributed by atoms with Crippen LogP contribution in [0.1, 0.15) is 0 Å². The maximum Gasteiger partial charge on any atom is 0.240 e. The van der Waals surface area contributed by atoms with E-state index < -0.39 is 10.0 Å². The van der Waals surface area contributed by atoms with E-state index in [1.807, 2.05) is 0 Å². The van der Waals surface area contributed by atoms with Gasteiger partial charge in [-0.25, -0.2) is 13.1 Å². The lowest BCUT2D eigenvalue weighted by molar-refractivity contribution is -0.0846. The van der Waals surface area contributed by atoms with E-state index >= 15 is 0 Å². The minimum atomic E-state index is -3.50. The molecule has 1 N–H and O–H groups in total. The van der Waals surface area contributed by atoms with Crippen molar-refractivity contribution in [1.82, 2.24) is 4.72 Å². The molecular formula is C11H14BrNO4S. The quantitative estimate of drug-likeness (QED) is 0.896. The summed E-state index contributed by atoms with van der Waals surface area (Å²) in [5.41, 5.74) is 0. The van der Waals surface area contributed by atoms with Crippen LogP contribution in [-0.4, -0.2) is 40.9 Å². The Morgan fingerprint density at radius 3 is 2.89 bits per heavy atom. The van der Waals surface area contributed by atoms with Crippen LogP contribution >= 0.6 is 15.9 Å². The maximum atomic E-state index is 12.0. The molecule has 0 radical (unpaired) electrons. The molecule has 1 saturated heterocycles. The zero-order valence-corrected chi connectivity index (χ0v) is 12.0. The summed E-state index contributed by atoms with van der Waals surface area (Å²) in [6, 6.07) is 6.56. The second-order valence-electron chi connectivity index (χ2n) is 3.88. The van der Waals surface area contributed by atoms with Crippen molar-refractivity contribution < 1.29 is 17.9 Å². The SMILES string of the molecule is O=S(=O)(NCC1COCCO1)c1cccc(Br)c1. The second-order valence-corrected chi connectivity index (χ2v) is 6.56. The van der Waals surface area contributed by atoms with E-state index in [0.29, 0.717) is 19.8 Å². The fourth-order valence-electron chi connectivity index (χ4n) is 1.57. The van der Waals surface area contributed by atoms with Gasteiger partial charge in [0.15, 0.2) is 0 Å². The predicted octanol–water partition coefficient (Wildman–Crippen LogP) is 1.14. The zero-order chi connectivity index (χ0) is 13.0. The van der Waals surface area contributed by atoms with Gasteiger partial charge in [0, 0.05) is 11.0 Å². The molecular weight excluding hydrogens is 322 g/mol. The maximum absolute atomic E-state index is 12.0. The molecule has 18 heavy (non-hydrogen) atoms. The lowest BCUT2D eigenvalue weighted by Crippen LogP contribution is -2.39. The number of rotatable bonds is 4. The molecule has 0 amide bonds. The average Bonchev–Trinajstić information content (AvgIpc) is 2.38. The molecule has 1 fully saturated rings. The van der Waals surface area contributed by atoms with Crippen LogP contribution in [0.25, 0.3) is 0 Å². The number of ether oxygens (including phenoxy) is 2. The van der Waals surface area contributed by atoms with Gasteiger partial charge in [0.2, 0.25) is 10.0 Å². The molecule has 1 aromatic rings. The standard InChI is InChI=1S/C11H14BrNO4S/c12-9-2-1-3-11(6-9)18(14,15)13-7-10-8-16-4-5-17-10/h1-3,6,10,13H,4-5,7-8H2. The third-order valence-corrected chi connectivity index (χ3v) is 4.41. The van der Waals surface area contributed by atoms with Crippen molar-refractivity contribution >= 4 is 26.0 Å². The van der Waals surface area contributed by atoms with E-state index in [1.165, 1.54) is 0 Å². The van der Waals surface area contributed by atoms with E-state index in [2.05, 4.69) is 20.7 Å². The first kappa shape index (κ1) is 14.0. The summed E-state index contributed by atoms with van der Waals surface area (Å²) in [7, 11) is -3.50. The molecule has 7 heteroatoms. The van der Waals surface area contributed by atoms with E-state index in [-0.39, 0.29) is 17.5 Å². The highest BCUT2D eigenvalue weighted by Gasteiger charge is 2.19. The molecule has 1 aromatic carbocycles. The number of nitrogens with one attached hydrogen (secondary N) is 1. The van der Waals surface area contributed by atoms with Gasteiger partial charge in [-0.3, -0.25) is 0 Å². The summed E-state index contributed by atoms with van der Waals surface area (Å²) in [5, 5.41) is 0. The molecule has 0 spiro atoms. The Kier molecular flexibility index (Phi) is 4.74. The van der Waals surface area contributed by atoms with Crippen LogP contribution in [-0.2, 0) is 19.5 Å². The van der Waals surface area contributed by atoms with E-state index in [0.717, 1.165) is 4.47 Å². The number of sulfonamides is 1. The normalized spacial score (nSPS) is 20.8. The summed E-state index contributed by atoms with van der Waals surface area (Å²) >= 11 is 3.25. The Balaban J connectivity index is 1.98. The van der Waals surface area contributed by atoms with Crippen molar-refractivity contribution in [2.45, 2.75) is 11.0 Å². The van der Waals surface area contributed by atoms with Crippen molar-refractivity contribution in [2.75, 3.05) is 26.4 Å². The Bertz CT molecular complexity index is 500. The van der Waals surface area contributed by atoms with Crippen LogP contribution in [0.2, 0.25) is 0 Å². The van der Waals surface area contributed by atoms with Gasteiger partial charge in [0.1, 0.15) is 0 Å². The van der Waals surface area contributed by atoms with Crippen LogP contribution in [0.5, 0.6) is 0 Å². The number of halogens is 1. The molecule has 1 unspecified atom stereocenters. The molecule has 1 heterocycles. The molecule has 1 aliphatic heterocycles. The Hall–Kier alpha value is -0.470. The second kappa shape index (κ2) is 6.12. The topological polar surface area (TPSA) is 64.6 Å². The first-order valence-corrected chi connectivity index (χ1v) is 7.80. The summed E-state index contributed by atoms with van der Waals surface area (Å²) in [6.45, 7) is 1.70. The lowest BCUT2D eigenvalue weighted by Gasteiger charge is -2.23. The molecule has 0 aromatic heterocycles. The van der Waals surface area contributed by atoms with Crippen LogP contribution in [0.3, 0.4) is 0 Å². The van der Waals surface area contributed by atoms with E-state index in [9.17, 15) is 8.42 Å². The number of benzene rings is 1. The van der Waals surface area contributed by atoms with Crippen molar-refractivity contribution in [3.05, 3.63) is 28.7 Å². The number of hydrogen-bond donors (Lipinski definition) is 1. The van der Waals surface area contributed by atoms with Gasteiger partial charge in [-0.05, 0) is 18.2 Å². The third-order valence-electron chi connectivity index (χ3n) is 2.49. The van der Waals surface area contributed by atoms with E-state index in [1.54, 1.807) is 24.3 Å². The Morgan fingerprint density at radius 1 is 1.39 bits per heavy atom. The van der Waals surface area contributed by atoms with Crippen LogP contribution < -0.4 is 4.72 Å². The smallest absolute Gasteiger partial charge is 0.240 e. The summed E-state index contributed by atoms with van der Waals surface area (Å²) in [5.74, 6) is 0. The fraction of sp³-hybridized carbons (Fsp3) is 0.455. The molecule has 1 aliphatic rings. The summed E-state index contributed by atoms with van der Waals surface area (Å²) in [4.78, 5) is 0.230. The minimum Gasteiger partial charge on any atom is -0.376 e. The van der Waals surface area contributed by atoms with Gasteiger partial charge in [-0.2, -0.15) is 0 Å². The first-order valence-electron chi connectivity index (χ1n) is 5.52. The molecule has 0 aliphatic carbocycles. The van der Waals surface area contributed by atoms with Crippen molar-refractivity contribution in [3.8, 4) is 0 Å². The van der Waals surface area contributed by atoms with Gasteiger partial charge < -0.3 is 9.47 Å². The average molecular weight is 336 g/mol. The number of hydrogen-bond acceptors (Lipinski definition) is 4. The minimum absolute atomic E-state index is 0.217. The van der Waals surface area contributed by atoms with Crippen molar-refractivity contribution in [3.63, 3.8) is 0 Å². The van der Waals surface area contributed by atoms with Gasteiger partial charge in [0.25, 0.3) is 0 Å². The van der Waals surface area contributed by atoms with Gasteiger partial charge >= 0.3 is 0 Å². The molecule has 2 rings (SSSR count). The molecule has 5 nitrogen and oxygen atoms in total. The largest absolute Gasteiger partial charge is 0.376 e. The highest BCUT2D eigenvalue weighted by Crippen LogP contribution is 2.15. The zero-order valence-electron chi connectivity index (χ0n) is 9.63. The molecule has 0 bridgehead atoms. The molecule has 0 saturated carbocycles. The van der Waals surface area contributed by atoms with Gasteiger partial charge in [-0.15, -0.1) is 0 Å². The van der Waals surface area contributed by atoms with Gasteiger partial charge in [0.05, 0.1) is 30.8 Å². The Labute approximate surface area is 115 Å². The van der Waals surface area contributed by atoms with Crippen LogP contribution in [0.4, 0.5) is 0 Å². The fourth-order valence-corrected chi connectivity index (χ4v) is 3.24. The van der Waals surface area contributed by atoms with Crippen molar-refractivity contribution in [1.29, 1.82) is 0 Å². The highest BCUT2D eigenvalue weighted by molar-refractivity contribution is 9.10. The van der Waals surface area contributed by atoms with Crippen molar-refractivity contribution in [2.24, 2.45) is 0 Å². The Morgan fingerprint density at radius 2 is 2.22 bits per heavy atom. The predicted molar refractivity (Wildman–Crippen MR) is 69.9 cm³/mol. The van der Waals surface area contributed by atoms with Crippen LogP contribution in [0, 0.1) is 0 Å². The lowest BCUT2D eigenvalue weighted by atomic mass is 10.3. The summed E-state index contributed by atoms with van der Waals surface area (Å²) < 4.78 is 37.8. The van der Waals surface area contributed by atoms with Gasteiger partial charge in [-0.1, -0.05) is 22.0 Å². The summed E-state index contributed by atoms with van der Waals surface area (Å²) in [6.07, 6.45) is -0.222. The van der Waals surface area contributed by atoms with E-state index in [4.69, 9.17) is 9.47 Å². The molecule has 100 valence electrons. The monoisotopic (exact) mass is 335 g/mol. The first-order chi connectivity index (χ1) is 8.58. The van der Waals surface area contributed by atoms with Crippen LogP contribution in [0.15, 0.2) is 33.6 Å². The third kappa shape index (κ3) is 3.76. The molecule has 1 atom stereocenters.